The third kappa shape index (κ3) is 1.63. The van der Waals surface area contributed by atoms with E-state index in [1.807, 2.05) is 20.8 Å². The molecule has 0 radical (unpaired) electrons. The van der Waals surface area contributed by atoms with Crippen LogP contribution in [-0.4, -0.2) is 14.5 Å². The quantitative estimate of drug-likeness (QED) is 0.652. The van der Waals surface area contributed by atoms with Crippen LogP contribution in [0.4, 0.5) is 0 Å². The Kier molecular flexibility index (Phi) is 2.07. The Morgan fingerprint density at radius 1 is 1.27 bits per heavy atom. The molecule has 4 nitrogen and oxygen atoms in total. The molecule has 0 N–H and O–H groups in total. The van der Waals surface area contributed by atoms with Crippen molar-refractivity contribution in [3.63, 3.8) is 0 Å². The molecule has 15 heavy (non-hydrogen) atoms. The standard InChI is InChI=1S/C11H13N3O/c1-11(2,3)14-7-13-8-5-4-6-12-9(8)10(14)15/h4-7H,1-3H3. The molecule has 0 saturated heterocycles. The average Bonchev–Trinajstić information content (AvgIpc) is 2.16. The lowest BCUT2D eigenvalue weighted by atomic mass is 10.1. The summed E-state index contributed by atoms with van der Waals surface area (Å²) in [4.78, 5) is 20.3. The van der Waals surface area contributed by atoms with E-state index in [0.717, 1.165) is 0 Å². The Hall–Kier alpha value is -1.71. The minimum atomic E-state index is -0.268. The van der Waals surface area contributed by atoms with E-state index in [1.54, 1.807) is 29.2 Å². The highest BCUT2D eigenvalue weighted by Gasteiger charge is 2.16. The first-order valence-corrected chi connectivity index (χ1v) is 4.83. The molecule has 0 aliphatic rings. The van der Waals surface area contributed by atoms with E-state index in [1.165, 1.54) is 0 Å². The number of hydrogen-bond donors (Lipinski definition) is 0. The zero-order valence-electron chi connectivity index (χ0n) is 9.06. The number of pyridine rings is 1. The summed E-state index contributed by atoms with van der Waals surface area (Å²) in [6, 6.07) is 3.56. The summed E-state index contributed by atoms with van der Waals surface area (Å²) in [5.74, 6) is 0. The van der Waals surface area contributed by atoms with Crippen LogP contribution in [0.5, 0.6) is 0 Å². The minimum Gasteiger partial charge on any atom is -0.292 e. The molecular formula is C11H13N3O. The normalized spacial score (nSPS) is 11.9. The van der Waals surface area contributed by atoms with Crippen LogP contribution in [0.2, 0.25) is 0 Å². The van der Waals surface area contributed by atoms with Gasteiger partial charge in [-0.2, -0.15) is 0 Å². The predicted molar refractivity (Wildman–Crippen MR) is 58.8 cm³/mol. The second kappa shape index (κ2) is 3.15. The first-order valence-electron chi connectivity index (χ1n) is 4.83. The van der Waals surface area contributed by atoms with Crippen LogP contribution in [0.3, 0.4) is 0 Å². The largest absolute Gasteiger partial charge is 0.292 e. The van der Waals surface area contributed by atoms with Crippen LogP contribution < -0.4 is 5.56 Å². The van der Waals surface area contributed by atoms with E-state index < -0.39 is 0 Å². The zero-order chi connectivity index (χ0) is 11.1. The molecule has 2 heterocycles. The fourth-order valence-corrected chi connectivity index (χ4v) is 1.43. The van der Waals surface area contributed by atoms with Gasteiger partial charge in [0.2, 0.25) is 0 Å². The molecule has 2 rings (SSSR count). The van der Waals surface area contributed by atoms with Crippen molar-refractivity contribution in [2.24, 2.45) is 0 Å². The van der Waals surface area contributed by atoms with Gasteiger partial charge in [-0.25, -0.2) is 9.97 Å². The molecule has 0 spiro atoms. The van der Waals surface area contributed by atoms with Crippen molar-refractivity contribution in [1.29, 1.82) is 0 Å². The smallest absolute Gasteiger partial charge is 0.280 e. The van der Waals surface area contributed by atoms with Crippen molar-refractivity contribution in [3.8, 4) is 0 Å². The van der Waals surface area contributed by atoms with E-state index in [0.29, 0.717) is 11.0 Å². The van der Waals surface area contributed by atoms with Crippen LogP contribution in [0, 0.1) is 0 Å². The highest BCUT2D eigenvalue weighted by molar-refractivity contribution is 5.71. The molecule has 78 valence electrons. The first-order chi connectivity index (χ1) is 7.00. The van der Waals surface area contributed by atoms with Crippen molar-refractivity contribution in [3.05, 3.63) is 35.0 Å². The monoisotopic (exact) mass is 203 g/mol. The third-order valence-electron chi connectivity index (χ3n) is 2.24. The van der Waals surface area contributed by atoms with E-state index in [2.05, 4.69) is 9.97 Å². The lowest BCUT2D eigenvalue weighted by Gasteiger charge is -2.21. The van der Waals surface area contributed by atoms with Gasteiger partial charge in [0.1, 0.15) is 0 Å². The zero-order valence-corrected chi connectivity index (χ0v) is 9.06. The molecule has 4 heteroatoms. The van der Waals surface area contributed by atoms with Crippen molar-refractivity contribution in [2.75, 3.05) is 0 Å². The van der Waals surface area contributed by atoms with Crippen LogP contribution >= 0.6 is 0 Å². The molecule has 0 aliphatic carbocycles. The molecule has 2 aromatic rings. The molecular weight excluding hydrogens is 190 g/mol. The number of fused-ring (bicyclic) bond motifs is 1. The van der Waals surface area contributed by atoms with Crippen LogP contribution in [0.15, 0.2) is 29.5 Å². The summed E-state index contributed by atoms with van der Waals surface area (Å²) >= 11 is 0. The summed E-state index contributed by atoms with van der Waals surface area (Å²) in [6.45, 7) is 5.89. The van der Waals surface area contributed by atoms with Gasteiger partial charge in [-0.15, -0.1) is 0 Å². The number of nitrogens with zero attached hydrogens (tertiary/aromatic N) is 3. The lowest BCUT2D eigenvalue weighted by molar-refractivity contribution is 0.381. The molecule has 0 aliphatic heterocycles. The number of rotatable bonds is 0. The van der Waals surface area contributed by atoms with Crippen molar-refractivity contribution in [1.82, 2.24) is 14.5 Å². The molecule has 2 aromatic heterocycles. The first kappa shape index (κ1) is 9.83. The Balaban J connectivity index is 2.83. The highest BCUT2D eigenvalue weighted by Crippen LogP contribution is 2.11. The van der Waals surface area contributed by atoms with Gasteiger partial charge in [0.25, 0.3) is 5.56 Å². The lowest BCUT2D eigenvalue weighted by Crippen LogP contribution is -2.34. The summed E-state index contributed by atoms with van der Waals surface area (Å²) in [6.07, 6.45) is 3.19. The molecule has 0 aromatic carbocycles. The van der Waals surface area contributed by atoms with Gasteiger partial charge >= 0.3 is 0 Å². The Morgan fingerprint density at radius 3 is 2.67 bits per heavy atom. The molecule has 0 atom stereocenters. The van der Waals surface area contributed by atoms with Gasteiger partial charge < -0.3 is 0 Å². The van der Waals surface area contributed by atoms with E-state index in [-0.39, 0.29) is 11.1 Å². The SMILES string of the molecule is CC(C)(C)n1cnc2cccnc2c1=O. The van der Waals surface area contributed by atoms with Crippen molar-refractivity contribution in [2.45, 2.75) is 26.3 Å². The van der Waals surface area contributed by atoms with Gasteiger partial charge in [-0.3, -0.25) is 9.36 Å². The van der Waals surface area contributed by atoms with Gasteiger partial charge in [0, 0.05) is 11.7 Å². The molecule has 0 amide bonds. The Bertz CT molecular complexity index is 551. The Morgan fingerprint density at radius 2 is 2.00 bits per heavy atom. The summed E-state index contributed by atoms with van der Waals surface area (Å²) < 4.78 is 1.60. The van der Waals surface area contributed by atoms with Crippen molar-refractivity contribution < 1.29 is 0 Å². The fraction of sp³-hybridized carbons (Fsp3) is 0.364. The van der Waals surface area contributed by atoms with E-state index in [9.17, 15) is 4.79 Å². The molecule has 0 bridgehead atoms. The maximum atomic E-state index is 12.0. The van der Waals surface area contributed by atoms with E-state index in [4.69, 9.17) is 0 Å². The Labute approximate surface area is 87.6 Å². The van der Waals surface area contributed by atoms with Crippen LogP contribution in [-0.2, 0) is 5.54 Å². The average molecular weight is 203 g/mol. The van der Waals surface area contributed by atoms with Gasteiger partial charge in [0.15, 0.2) is 5.52 Å². The minimum absolute atomic E-state index is 0.0897. The van der Waals surface area contributed by atoms with E-state index >= 15 is 0 Å². The van der Waals surface area contributed by atoms with Gasteiger partial charge in [-0.05, 0) is 32.9 Å². The highest BCUT2D eigenvalue weighted by atomic mass is 16.1. The summed E-state index contributed by atoms with van der Waals surface area (Å²) in [5.41, 5.74) is 0.710. The number of hydrogen-bond acceptors (Lipinski definition) is 3. The second-order valence-electron chi connectivity index (χ2n) is 4.46. The third-order valence-corrected chi connectivity index (χ3v) is 2.24. The van der Waals surface area contributed by atoms with Gasteiger partial charge in [0.05, 0.1) is 11.8 Å². The predicted octanol–water partition coefficient (Wildman–Crippen LogP) is 1.55. The van der Waals surface area contributed by atoms with Crippen molar-refractivity contribution >= 4 is 11.0 Å². The maximum Gasteiger partial charge on any atom is 0.280 e. The number of aromatic nitrogens is 3. The van der Waals surface area contributed by atoms with Gasteiger partial charge in [-0.1, -0.05) is 0 Å². The molecule has 0 fully saturated rings. The van der Waals surface area contributed by atoms with Crippen LogP contribution in [0.1, 0.15) is 20.8 Å². The topological polar surface area (TPSA) is 47.8 Å². The fourth-order valence-electron chi connectivity index (χ4n) is 1.43. The van der Waals surface area contributed by atoms with Crippen LogP contribution in [0.25, 0.3) is 11.0 Å². The second-order valence-corrected chi connectivity index (χ2v) is 4.46. The molecule has 0 saturated carbocycles. The summed E-state index contributed by atoms with van der Waals surface area (Å²) in [5, 5.41) is 0. The molecule has 0 unspecified atom stereocenters. The summed E-state index contributed by atoms with van der Waals surface area (Å²) in [7, 11) is 0. The maximum absolute atomic E-state index is 12.0.